The molecule has 2 aromatic carbocycles. The van der Waals surface area contributed by atoms with Crippen LogP contribution >= 0.6 is 0 Å². The van der Waals surface area contributed by atoms with Crippen LogP contribution < -0.4 is 10.1 Å². The molecule has 0 radical (unpaired) electrons. The molecule has 5 heteroatoms. The topological polar surface area (TPSA) is 64.6 Å². The lowest BCUT2D eigenvalue weighted by Gasteiger charge is -2.17. The normalized spacial score (nSPS) is 11.5. The van der Waals surface area contributed by atoms with Gasteiger partial charge in [-0.3, -0.25) is 4.79 Å². The minimum atomic E-state index is -0.712. The quantitative estimate of drug-likeness (QED) is 0.810. The van der Waals surface area contributed by atoms with Gasteiger partial charge in [-0.05, 0) is 57.0 Å². The number of nitrogens with one attached hydrogen (secondary N) is 1. The SMILES string of the molecule is CCOC(=O)c1ccccc1NC(=O)[C@H](C)Oc1cc(C)ccc1C. The predicted octanol–water partition coefficient (Wildman–Crippen LogP) is 3.89. The number of ether oxygens (including phenoxy) is 2. The number of rotatable bonds is 6. The highest BCUT2D eigenvalue weighted by atomic mass is 16.5. The Hall–Kier alpha value is -2.82. The zero-order chi connectivity index (χ0) is 18.4. The summed E-state index contributed by atoms with van der Waals surface area (Å²) in [6.45, 7) is 7.57. The van der Waals surface area contributed by atoms with Crippen molar-refractivity contribution in [1.29, 1.82) is 0 Å². The summed E-state index contributed by atoms with van der Waals surface area (Å²) in [6.07, 6.45) is -0.712. The molecule has 2 rings (SSSR count). The first-order valence-corrected chi connectivity index (χ1v) is 8.23. The predicted molar refractivity (Wildman–Crippen MR) is 97.0 cm³/mol. The minimum Gasteiger partial charge on any atom is -0.481 e. The van der Waals surface area contributed by atoms with E-state index >= 15 is 0 Å². The van der Waals surface area contributed by atoms with Gasteiger partial charge in [0.25, 0.3) is 5.91 Å². The maximum Gasteiger partial charge on any atom is 0.340 e. The summed E-state index contributed by atoms with van der Waals surface area (Å²) < 4.78 is 10.8. The summed E-state index contributed by atoms with van der Waals surface area (Å²) in [5.41, 5.74) is 2.73. The number of hydrogen-bond acceptors (Lipinski definition) is 4. The fraction of sp³-hybridized carbons (Fsp3) is 0.300. The maximum atomic E-state index is 12.5. The van der Waals surface area contributed by atoms with E-state index in [4.69, 9.17) is 9.47 Å². The number of carbonyl (C=O) groups excluding carboxylic acids is 2. The molecule has 0 heterocycles. The van der Waals surface area contributed by atoms with Crippen molar-refractivity contribution >= 4 is 17.6 Å². The van der Waals surface area contributed by atoms with Crippen LogP contribution in [-0.4, -0.2) is 24.6 Å². The van der Waals surface area contributed by atoms with Crippen LogP contribution in [0.2, 0.25) is 0 Å². The van der Waals surface area contributed by atoms with Crippen LogP contribution in [0.4, 0.5) is 5.69 Å². The molecular formula is C20H23NO4. The van der Waals surface area contributed by atoms with E-state index in [1.807, 2.05) is 32.0 Å². The fourth-order valence-corrected chi connectivity index (χ4v) is 2.29. The van der Waals surface area contributed by atoms with Gasteiger partial charge in [0.1, 0.15) is 5.75 Å². The average Bonchev–Trinajstić information content (AvgIpc) is 2.58. The number of benzene rings is 2. The smallest absolute Gasteiger partial charge is 0.340 e. The van der Waals surface area contributed by atoms with Crippen molar-refractivity contribution in [2.75, 3.05) is 11.9 Å². The Morgan fingerprint density at radius 1 is 1.12 bits per heavy atom. The number of hydrogen-bond donors (Lipinski definition) is 1. The van der Waals surface area contributed by atoms with Crippen molar-refractivity contribution in [2.45, 2.75) is 33.8 Å². The molecule has 0 saturated carbocycles. The summed E-state index contributed by atoms with van der Waals surface area (Å²) in [5.74, 6) is -0.138. The minimum absolute atomic E-state index is 0.271. The number of anilines is 1. The first-order valence-electron chi connectivity index (χ1n) is 8.23. The van der Waals surface area contributed by atoms with Gasteiger partial charge in [0.15, 0.2) is 6.10 Å². The van der Waals surface area contributed by atoms with Crippen molar-refractivity contribution in [3.05, 3.63) is 59.2 Å². The van der Waals surface area contributed by atoms with E-state index in [0.717, 1.165) is 11.1 Å². The van der Waals surface area contributed by atoms with Crippen LogP contribution in [0.5, 0.6) is 5.75 Å². The molecule has 0 bridgehead atoms. The zero-order valence-electron chi connectivity index (χ0n) is 15.0. The number of amides is 1. The lowest BCUT2D eigenvalue weighted by molar-refractivity contribution is -0.122. The van der Waals surface area contributed by atoms with E-state index in [0.29, 0.717) is 17.0 Å². The van der Waals surface area contributed by atoms with Crippen molar-refractivity contribution in [2.24, 2.45) is 0 Å². The fourth-order valence-electron chi connectivity index (χ4n) is 2.29. The molecular weight excluding hydrogens is 318 g/mol. The summed E-state index contributed by atoms with van der Waals surface area (Å²) >= 11 is 0. The second-order valence-electron chi connectivity index (χ2n) is 5.78. The molecule has 0 unspecified atom stereocenters. The third-order valence-electron chi connectivity index (χ3n) is 3.70. The Morgan fingerprint density at radius 3 is 2.56 bits per heavy atom. The Morgan fingerprint density at radius 2 is 1.84 bits per heavy atom. The largest absolute Gasteiger partial charge is 0.481 e. The standard InChI is InChI=1S/C20H23NO4/c1-5-24-20(23)16-8-6-7-9-17(16)21-19(22)15(4)25-18-12-13(2)10-11-14(18)3/h6-12,15H,5H2,1-4H3,(H,21,22)/t15-/m0/s1. The molecule has 5 nitrogen and oxygen atoms in total. The van der Waals surface area contributed by atoms with Gasteiger partial charge in [0.2, 0.25) is 0 Å². The molecule has 0 fully saturated rings. The van der Waals surface area contributed by atoms with Crippen LogP contribution in [0.1, 0.15) is 35.3 Å². The summed E-state index contributed by atoms with van der Waals surface area (Å²) in [6, 6.07) is 12.6. The Bertz CT molecular complexity index is 770. The molecule has 0 aliphatic heterocycles. The third kappa shape index (κ3) is 4.83. The summed E-state index contributed by atoms with van der Waals surface area (Å²) in [7, 11) is 0. The average molecular weight is 341 g/mol. The van der Waals surface area contributed by atoms with Crippen LogP contribution in [0.25, 0.3) is 0 Å². The molecule has 25 heavy (non-hydrogen) atoms. The molecule has 0 aliphatic rings. The second-order valence-corrected chi connectivity index (χ2v) is 5.78. The van der Waals surface area contributed by atoms with Crippen LogP contribution in [0.3, 0.4) is 0 Å². The summed E-state index contributed by atoms with van der Waals surface area (Å²) in [4.78, 5) is 24.4. The van der Waals surface area contributed by atoms with Gasteiger partial charge in [-0.15, -0.1) is 0 Å². The summed E-state index contributed by atoms with van der Waals surface area (Å²) in [5, 5.41) is 2.74. The van der Waals surface area contributed by atoms with Gasteiger partial charge in [-0.25, -0.2) is 4.79 Å². The van der Waals surface area contributed by atoms with Gasteiger partial charge < -0.3 is 14.8 Å². The van der Waals surface area contributed by atoms with Crippen molar-refractivity contribution < 1.29 is 19.1 Å². The highest BCUT2D eigenvalue weighted by Gasteiger charge is 2.19. The Kier molecular flexibility index (Phi) is 6.17. The van der Waals surface area contributed by atoms with Gasteiger partial charge in [0.05, 0.1) is 17.9 Å². The van der Waals surface area contributed by atoms with E-state index in [-0.39, 0.29) is 12.5 Å². The molecule has 0 saturated heterocycles. The van der Waals surface area contributed by atoms with E-state index in [1.165, 1.54) is 0 Å². The number of para-hydroxylation sites is 1. The lowest BCUT2D eigenvalue weighted by atomic mass is 10.1. The van der Waals surface area contributed by atoms with Gasteiger partial charge in [0, 0.05) is 0 Å². The number of aryl methyl sites for hydroxylation is 2. The van der Waals surface area contributed by atoms with Gasteiger partial charge >= 0.3 is 5.97 Å². The monoisotopic (exact) mass is 341 g/mol. The molecule has 1 amide bonds. The molecule has 0 aromatic heterocycles. The van der Waals surface area contributed by atoms with E-state index < -0.39 is 12.1 Å². The molecule has 0 spiro atoms. The Balaban J connectivity index is 2.11. The Labute approximate surface area is 148 Å². The van der Waals surface area contributed by atoms with E-state index in [9.17, 15) is 9.59 Å². The molecule has 132 valence electrons. The van der Waals surface area contributed by atoms with E-state index in [1.54, 1.807) is 38.1 Å². The van der Waals surface area contributed by atoms with Crippen molar-refractivity contribution in [1.82, 2.24) is 0 Å². The molecule has 1 atom stereocenters. The molecule has 0 aliphatic carbocycles. The number of esters is 1. The lowest BCUT2D eigenvalue weighted by Crippen LogP contribution is -2.31. The second kappa shape index (κ2) is 8.33. The maximum absolute atomic E-state index is 12.5. The molecule has 2 aromatic rings. The van der Waals surface area contributed by atoms with Crippen LogP contribution in [0, 0.1) is 13.8 Å². The van der Waals surface area contributed by atoms with E-state index in [2.05, 4.69) is 5.32 Å². The van der Waals surface area contributed by atoms with Crippen molar-refractivity contribution in [3.63, 3.8) is 0 Å². The first kappa shape index (κ1) is 18.5. The number of carbonyl (C=O) groups is 2. The van der Waals surface area contributed by atoms with Gasteiger partial charge in [-0.2, -0.15) is 0 Å². The third-order valence-corrected chi connectivity index (χ3v) is 3.70. The highest BCUT2D eigenvalue weighted by Crippen LogP contribution is 2.21. The highest BCUT2D eigenvalue weighted by molar-refractivity contribution is 6.02. The zero-order valence-corrected chi connectivity index (χ0v) is 15.0. The van der Waals surface area contributed by atoms with Crippen LogP contribution in [0.15, 0.2) is 42.5 Å². The van der Waals surface area contributed by atoms with Crippen LogP contribution in [-0.2, 0) is 9.53 Å². The first-order chi connectivity index (χ1) is 11.9. The van der Waals surface area contributed by atoms with Crippen molar-refractivity contribution in [3.8, 4) is 5.75 Å². The molecule has 1 N–H and O–H groups in total. The van der Waals surface area contributed by atoms with Gasteiger partial charge in [-0.1, -0.05) is 24.3 Å².